The first kappa shape index (κ1) is 10.3. The Bertz CT molecular complexity index is 361. The van der Waals surface area contributed by atoms with Gasteiger partial charge >= 0.3 is 0 Å². The first-order chi connectivity index (χ1) is 6.72. The molecule has 0 spiro atoms. The molecule has 2 nitrogen and oxygen atoms in total. The van der Waals surface area contributed by atoms with E-state index in [0.717, 1.165) is 40.9 Å². The number of rotatable bonds is 1. The van der Waals surface area contributed by atoms with Gasteiger partial charge in [-0.05, 0) is 53.5 Å². The number of aldehydes is 1. The molecule has 0 bridgehead atoms. The van der Waals surface area contributed by atoms with Crippen LogP contribution in [0.5, 0.6) is 0 Å². The molecular weight excluding hydrogens is 262 g/mol. The number of carbonyl (C=O) groups excluding carboxylic acids is 1. The van der Waals surface area contributed by atoms with Gasteiger partial charge in [0.05, 0.1) is 8.66 Å². The van der Waals surface area contributed by atoms with Gasteiger partial charge in [0.2, 0.25) is 0 Å². The molecule has 0 fully saturated rings. The van der Waals surface area contributed by atoms with E-state index in [1.165, 1.54) is 11.1 Å². The van der Waals surface area contributed by atoms with E-state index in [1.54, 1.807) is 11.3 Å². The molecule has 0 N–H and O–H groups in total. The standard InChI is InChI=1S/C10H12BrNOS/c1-12-4-2-3-7-8(5-12)10(11)14-9(7)6-13/h6H,2-5H2,1H3. The molecule has 2 rings (SSSR count). The molecule has 0 aromatic carbocycles. The Morgan fingerprint density at radius 3 is 3.00 bits per heavy atom. The SMILES string of the molecule is CN1CCCc2c(C=O)sc(Br)c2C1. The largest absolute Gasteiger partial charge is 0.302 e. The second-order valence-electron chi connectivity index (χ2n) is 3.66. The highest BCUT2D eigenvalue weighted by atomic mass is 79.9. The third kappa shape index (κ3) is 1.78. The zero-order valence-corrected chi connectivity index (χ0v) is 10.4. The number of halogens is 1. The van der Waals surface area contributed by atoms with Gasteiger partial charge in [-0.1, -0.05) is 0 Å². The molecule has 0 atom stereocenters. The van der Waals surface area contributed by atoms with Crippen molar-refractivity contribution in [2.24, 2.45) is 0 Å². The van der Waals surface area contributed by atoms with Gasteiger partial charge in [0.15, 0.2) is 6.29 Å². The summed E-state index contributed by atoms with van der Waals surface area (Å²) in [4.78, 5) is 14.1. The Morgan fingerprint density at radius 1 is 1.50 bits per heavy atom. The predicted molar refractivity (Wildman–Crippen MR) is 62.1 cm³/mol. The third-order valence-corrected chi connectivity index (χ3v) is 4.55. The number of thiophene rings is 1. The predicted octanol–water partition coefficient (Wildman–Crippen LogP) is 2.70. The van der Waals surface area contributed by atoms with E-state index in [9.17, 15) is 4.79 Å². The average molecular weight is 274 g/mol. The van der Waals surface area contributed by atoms with Crippen LogP contribution in [0.4, 0.5) is 0 Å². The second kappa shape index (κ2) is 4.13. The Morgan fingerprint density at radius 2 is 2.29 bits per heavy atom. The summed E-state index contributed by atoms with van der Waals surface area (Å²) in [6, 6.07) is 0. The van der Waals surface area contributed by atoms with Crippen LogP contribution in [0.2, 0.25) is 0 Å². The van der Waals surface area contributed by atoms with Crippen LogP contribution in [0.3, 0.4) is 0 Å². The molecule has 4 heteroatoms. The quantitative estimate of drug-likeness (QED) is 0.734. The van der Waals surface area contributed by atoms with Crippen LogP contribution < -0.4 is 0 Å². The summed E-state index contributed by atoms with van der Waals surface area (Å²) in [5.41, 5.74) is 2.58. The van der Waals surface area contributed by atoms with Crippen LogP contribution in [0.15, 0.2) is 3.79 Å². The van der Waals surface area contributed by atoms with Gasteiger partial charge in [0.25, 0.3) is 0 Å². The minimum absolute atomic E-state index is 0.905. The summed E-state index contributed by atoms with van der Waals surface area (Å²) in [5.74, 6) is 0. The molecule has 0 amide bonds. The molecule has 1 aromatic heterocycles. The van der Waals surface area contributed by atoms with E-state index >= 15 is 0 Å². The van der Waals surface area contributed by atoms with Crippen molar-refractivity contribution in [1.29, 1.82) is 0 Å². The van der Waals surface area contributed by atoms with Crippen molar-refractivity contribution in [1.82, 2.24) is 4.90 Å². The molecule has 0 aliphatic carbocycles. The molecule has 1 aliphatic rings. The average Bonchev–Trinajstić information content (AvgIpc) is 2.36. The second-order valence-corrected chi connectivity index (χ2v) is 6.03. The lowest BCUT2D eigenvalue weighted by Gasteiger charge is -2.12. The van der Waals surface area contributed by atoms with Crippen molar-refractivity contribution in [2.75, 3.05) is 13.6 Å². The van der Waals surface area contributed by atoms with Gasteiger partial charge < -0.3 is 4.90 Å². The Balaban J connectivity index is 2.45. The first-order valence-electron chi connectivity index (χ1n) is 4.66. The molecule has 76 valence electrons. The fourth-order valence-corrected chi connectivity index (χ4v) is 3.68. The number of fused-ring (bicyclic) bond motifs is 1. The van der Waals surface area contributed by atoms with Crippen LogP contribution in [0.1, 0.15) is 27.2 Å². The summed E-state index contributed by atoms with van der Waals surface area (Å²) < 4.78 is 1.13. The summed E-state index contributed by atoms with van der Waals surface area (Å²) in [5, 5.41) is 0. The van der Waals surface area contributed by atoms with Crippen molar-refractivity contribution in [3.63, 3.8) is 0 Å². The van der Waals surface area contributed by atoms with E-state index in [4.69, 9.17) is 0 Å². The van der Waals surface area contributed by atoms with E-state index in [1.807, 2.05) is 0 Å². The van der Waals surface area contributed by atoms with Gasteiger partial charge in [-0.2, -0.15) is 0 Å². The lowest BCUT2D eigenvalue weighted by Crippen LogP contribution is -2.16. The lowest BCUT2D eigenvalue weighted by molar-refractivity contribution is 0.112. The molecule has 0 saturated heterocycles. The van der Waals surface area contributed by atoms with E-state index < -0.39 is 0 Å². The van der Waals surface area contributed by atoms with Crippen LogP contribution in [-0.4, -0.2) is 24.8 Å². The summed E-state index contributed by atoms with van der Waals surface area (Å²) in [7, 11) is 2.12. The molecule has 1 aliphatic heterocycles. The minimum atomic E-state index is 0.905. The Hall–Kier alpha value is -0.190. The number of nitrogens with zero attached hydrogens (tertiary/aromatic N) is 1. The van der Waals surface area contributed by atoms with Crippen molar-refractivity contribution < 1.29 is 4.79 Å². The highest BCUT2D eigenvalue weighted by molar-refractivity contribution is 9.11. The Labute approximate surface area is 96.0 Å². The molecular formula is C10H12BrNOS. The molecule has 14 heavy (non-hydrogen) atoms. The molecule has 0 radical (unpaired) electrons. The van der Waals surface area contributed by atoms with Crippen molar-refractivity contribution in [3.05, 3.63) is 19.8 Å². The monoisotopic (exact) mass is 273 g/mol. The zero-order chi connectivity index (χ0) is 10.1. The van der Waals surface area contributed by atoms with Gasteiger partial charge in [-0.15, -0.1) is 11.3 Å². The van der Waals surface area contributed by atoms with Gasteiger partial charge in [-0.25, -0.2) is 0 Å². The first-order valence-corrected chi connectivity index (χ1v) is 6.27. The maximum absolute atomic E-state index is 10.9. The van der Waals surface area contributed by atoms with Gasteiger partial charge in [0, 0.05) is 6.54 Å². The van der Waals surface area contributed by atoms with Gasteiger partial charge in [-0.3, -0.25) is 4.79 Å². The van der Waals surface area contributed by atoms with Crippen LogP contribution >= 0.6 is 27.3 Å². The third-order valence-electron chi connectivity index (χ3n) is 2.60. The zero-order valence-electron chi connectivity index (χ0n) is 8.05. The molecule has 0 saturated carbocycles. The summed E-state index contributed by atoms with van der Waals surface area (Å²) >= 11 is 5.10. The number of hydrogen-bond donors (Lipinski definition) is 0. The maximum atomic E-state index is 10.9. The highest BCUT2D eigenvalue weighted by Gasteiger charge is 2.19. The van der Waals surface area contributed by atoms with Crippen molar-refractivity contribution >= 4 is 33.6 Å². The highest BCUT2D eigenvalue weighted by Crippen LogP contribution is 2.35. The van der Waals surface area contributed by atoms with Gasteiger partial charge in [0.1, 0.15) is 0 Å². The van der Waals surface area contributed by atoms with E-state index in [-0.39, 0.29) is 0 Å². The Kier molecular flexibility index (Phi) is 3.04. The molecule has 1 aromatic rings. The molecule has 2 heterocycles. The maximum Gasteiger partial charge on any atom is 0.160 e. The van der Waals surface area contributed by atoms with E-state index in [0.29, 0.717) is 0 Å². The fraction of sp³-hybridized carbons (Fsp3) is 0.500. The topological polar surface area (TPSA) is 20.3 Å². The minimum Gasteiger partial charge on any atom is -0.302 e. The van der Waals surface area contributed by atoms with Crippen LogP contribution in [0, 0.1) is 0 Å². The van der Waals surface area contributed by atoms with Crippen LogP contribution in [0.25, 0.3) is 0 Å². The van der Waals surface area contributed by atoms with Crippen molar-refractivity contribution in [3.8, 4) is 0 Å². The number of hydrogen-bond acceptors (Lipinski definition) is 3. The summed E-state index contributed by atoms with van der Waals surface area (Å²) in [6.07, 6.45) is 3.17. The van der Waals surface area contributed by atoms with Crippen LogP contribution in [-0.2, 0) is 13.0 Å². The lowest BCUT2D eigenvalue weighted by atomic mass is 10.1. The van der Waals surface area contributed by atoms with Crippen molar-refractivity contribution in [2.45, 2.75) is 19.4 Å². The molecule has 0 unspecified atom stereocenters. The fourth-order valence-electron chi connectivity index (χ4n) is 1.89. The summed E-state index contributed by atoms with van der Waals surface area (Å²) in [6.45, 7) is 2.07. The normalized spacial score (nSPS) is 17.6. The number of carbonyl (C=O) groups is 1. The smallest absolute Gasteiger partial charge is 0.160 e. The van der Waals surface area contributed by atoms with E-state index in [2.05, 4.69) is 27.9 Å².